The van der Waals surface area contributed by atoms with Crippen LogP contribution in [0.15, 0.2) is 64.5 Å². The second-order valence-electron chi connectivity index (χ2n) is 7.08. The molecule has 188 valence electrons. The molecule has 0 aliphatic carbocycles. The maximum absolute atomic E-state index is 13.0. The molecular formula is C20H15F6N3O4S2. The Hall–Kier alpha value is -3.20. The van der Waals surface area contributed by atoms with E-state index in [0.717, 1.165) is 0 Å². The van der Waals surface area contributed by atoms with Crippen LogP contribution >= 0.6 is 0 Å². The van der Waals surface area contributed by atoms with E-state index in [-0.39, 0.29) is 40.4 Å². The summed E-state index contributed by atoms with van der Waals surface area (Å²) < 4.78 is 129. The van der Waals surface area contributed by atoms with Gasteiger partial charge >= 0.3 is 12.4 Å². The molecule has 0 aliphatic rings. The maximum atomic E-state index is 13.0. The zero-order chi connectivity index (χ0) is 26.2. The average molecular weight is 539 g/mol. The van der Waals surface area contributed by atoms with Crippen LogP contribution in [-0.4, -0.2) is 32.8 Å². The van der Waals surface area contributed by atoms with Gasteiger partial charge in [-0.2, -0.15) is 26.3 Å². The zero-order valence-electron chi connectivity index (χ0n) is 17.5. The lowest BCUT2D eigenvalue weighted by Gasteiger charge is -2.15. The van der Waals surface area contributed by atoms with E-state index in [0.29, 0.717) is 5.56 Å². The largest absolute Gasteiger partial charge is 0.416 e. The second-order valence-corrected chi connectivity index (χ2v) is 11.0. The highest BCUT2D eigenvalue weighted by Gasteiger charge is 2.38. The molecular weight excluding hydrogens is 524 g/mol. The topological polar surface area (TPSA) is 106 Å². The summed E-state index contributed by atoms with van der Waals surface area (Å²) in [7, 11) is -8.39. The molecule has 15 heteroatoms. The Morgan fingerprint density at radius 2 is 1.31 bits per heavy atom. The van der Waals surface area contributed by atoms with Crippen LogP contribution in [-0.2, 0) is 32.2 Å². The monoisotopic (exact) mass is 539 g/mol. The molecule has 0 fully saturated rings. The highest BCUT2D eigenvalue weighted by molar-refractivity contribution is 7.92. The molecule has 3 rings (SSSR count). The van der Waals surface area contributed by atoms with Crippen LogP contribution in [0.5, 0.6) is 0 Å². The summed E-state index contributed by atoms with van der Waals surface area (Å²) in [6.45, 7) is 1.44. The van der Waals surface area contributed by atoms with Gasteiger partial charge in [-0.3, -0.25) is 4.72 Å². The van der Waals surface area contributed by atoms with Gasteiger partial charge in [0.05, 0.1) is 27.5 Å². The van der Waals surface area contributed by atoms with Gasteiger partial charge in [-0.05, 0) is 42.5 Å². The van der Waals surface area contributed by atoms with Crippen LogP contribution in [0.3, 0.4) is 0 Å². The fourth-order valence-electron chi connectivity index (χ4n) is 2.79. The van der Waals surface area contributed by atoms with Gasteiger partial charge in [0.25, 0.3) is 10.0 Å². The van der Waals surface area contributed by atoms with Gasteiger partial charge in [-0.15, -0.1) is 10.2 Å². The standard InChI is InChI=1S/C20H15F6N3O4S2/c1-2-34(30,31)18-8-7-17(27-28-18)12-3-5-15(6-4-12)29-35(32,33)16-10-13(19(21,22)23)9-14(11-16)20(24,25)26/h3-11,29H,2H2,1H3. The van der Waals surface area contributed by atoms with Crippen LogP contribution in [0.4, 0.5) is 32.0 Å². The van der Waals surface area contributed by atoms with Gasteiger partial charge < -0.3 is 0 Å². The van der Waals surface area contributed by atoms with Crippen molar-refractivity contribution in [2.24, 2.45) is 0 Å². The van der Waals surface area contributed by atoms with Crippen molar-refractivity contribution in [3.63, 3.8) is 0 Å². The summed E-state index contributed by atoms with van der Waals surface area (Å²) in [6.07, 6.45) is -10.4. The minimum atomic E-state index is -5.21. The summed E-state index contributed by atoms with van der Waals surface area (Å²) in [4.78, 5) is -1.22. The van der Waals surface area contributed by atoms with E-state index < -0.39 is 48.2 Å². The molecule has 0 radical (unpaired) electrons. The molecule has 0 amide bonds. The lowest BCUT2D eigenvalue weighted by Crippen LogP contribution is -2.17. The molecule has 1 heterocycles. The number of hydrogen-bond acceptors (Lipinski definition) is 6. The van der Waals surface area contributed by atoms with E-state index in [4.69, 9.17) is 0 Å². The smallest absolute Gasteiger partial charge is 0.280 e. The first-order valence-corrected chi connectivity index (χ1v) is 12.7. The maximum Gasteiger partial charge on any atom is 0.416 e. The summed E-state index contributed by atoms with van der Waals surface area (Å²) in [5.74, 6) is -0.174. The third-order valence-corrected chi connectivity index (χ3v) is 7.62. The molecule has 0 spiro atoms. The molecule has 35 heavy (non-hydrogen) atoms. The van der Waals surface area contributed by atoms with Crippen molar-refractivity contribution in [2.75, 3.05) is 10.5 Å². The lowest BCUT2D eigenvalue weighted by atomic mass is 10.1. The first-order valence-electron chi connectivity index (χ1n) is 9.52. The lowest BCUT2D eigenvalue weighted by molar-refractivity contribution is -0.143. The van der Waals surface area contributed by atoms with Crippen LogP contribution < -0.4 is 4.72 Å². The van der Waals surface area contributed by atoms with E-state index >= 15 is 0 Å². The van der Waals surface area contributed by atoms with Crippen molar-refractivity contribution < 1.29 is 43.2 Å². The predicted octanol–water partition coefficient (Wildman–Crippen LogP) is 4.78. The number of halogens is 6. The van der Waals surface area contributed by atoms with Crippen molar-refractivity contribution in [1.29, 1.82) is 0 Å². The first-order chi connectivity index (χ1) is 16.0. The summed E-state index contributed by atoms with van der Waals surface area (Å²) in [5.41, 5.74) is -3.07. The number of nitrogens with zero attached hydrogens (tertiary/aromatic N) is 2. The van der Waals surface area contributed by atoms with E-state index in [9.17, 15) is 43.2 Å². The summed E-state index contributed by atoms with van der Waals surface area (Å²) in [6, 6.07) is 7.74. The SMILES string of the molecule is CCS(=O)(=O)c1ccc(-c2ccc(NS(=O)(=O)c3cc(C(F)(F)F)cc(C(F)(F)F)c3)cc2)nn1. The molecule has 1 aromatic heterocycles. The van der Waals surface area contributed by atoms with Crippen LogP contribution in [0.2, 0.25) is 0 Å². The number of sulfonamides is 1. The molecule has 0 saturated heterocycles. The first kappa shape index (κ1) is 26.4. The Morgan fingerprint density at radius 1 is 0.771 bits per heavy atom. The molecule has 0 atom stereocenters. The van der Waals surface area contributed by atoms with Crippen molar-refractivity contribution in [1.82, 2.24) is 10.2 Å². The molecule has 3 aromatic rings. The zero-order valence-corrected chi connectivity index (χ0v) is 19.1. The van der Waals surface area contributed by atoms with E-state index in [1.165, 1.54) is 43.3 Å². The number of rotatable bonds is 6. The molecule has 1 N–H and O–H groups in total. The fourth-order valence-corrected chi connectivity index (χ4v) is 4.66. The highest BCUT2D eigenvalue weighted by atomic mass is 32.2. The molecule has 0 aliphatic heterocycles. The molecule has 0 saturated carbocycles. The van der Waals surface area contributed by atoms with Crippen molar-refractivity contribution in [2.45, 2.75) is 29.2 Å². The number of alkyl halides is 6. The van der Waals surface area contributed by atoms with Gasteiger partial charge in [0.1, 0.15) is 0 Å². The number of sulfone groups is 1. The minimum absolute atomic E-state index is 0.105. The predicted molar refractivity (Wildman–Crippen MR) is 112 cm³/mol. The summed E-state index contributed by atoms with van der Waals surface area (Å²) in [5, 5.41) is 7.21. The highest BCUT2D eigenvalue weighted by Crippen LogP contribution is 2.37. The minimum Gasteiger partial charge on any atom is -0.280 e. The van der Waals surface area contributed by atoms with Gasteiger partial charge in [0, 0.05) is 11.3 Å². The van der Waals surface area contributed by atoms with Gasteiger partial charge in [0.15, 0.2) is 14.9 Å². The third kappa shape index (κ3) is 6.08. The van der Waals surface area contributed by atoms with Crippen molar-refractivity contribution in [3.05, 3.63) is 65.7 Å². The number of nitrogens with one attached hydrogen (secondary N) is 1. The Bertz CT molecular complexity index is 1400. The fraction of sp³-hybridized carbons (Fsp3) is 0.200. The van der Waals surface area contributed by atoms with E-state index in [1.54, 1.807) is 0 Å². The Balaban J connectivity index is 1.90. The Labute approximate surface area is 195 Å². The molecule has 7 nitrogen and oxygen atoms in total. The Morgan fingerprint density at radius 3 is 1.74 bits per heavy atom. The number of aromatic nitrogens is 2. The Kier molecular flexibility index (Phi) is 6.87. The average Bonchev–Trinajstić information content (AvgIpc) is 2.78. The van der Waals surface area contributed by atoms with Crippen molar-refractivity contribution >= 4 is 25.5 Å². The third-order valence-electron chi connectivity index (χ3n) is 4.64. The number of hydrogen-bond donors (Lipinski definition) is 1. The van der Waals surface area contributed by atoms with Crippen molar-refractivity contribution in [3.8, 4) is 11.3 Å². The van der Waals surface area contributed by atoms with E-state index in [1.807, 2.05) is 4.72 Å². The van der Waals surface area contributed by atoms with Crippen LogP contribution in [0, 0.1) is 0 Å². The summed E-state index contributed by atoms with van der Waals surface area (Å²) >= 11 is 0. The van der Waals surface area contributed by atoms with Crippen LogP contribution in [0.1, 0.15) is 18.1 Å². The second kappa shape index (κ2) is 9.11. The van der Waals surface area contributed by atoms with E-state index in [2.05, 4.69) is 10.2 Å². The van der Waals surface area contributed by atoms with Gasteiger partial charge in [-0.1, -0.05) is 19.1 Å². The van der Waals surface area contributed by atoms with Gasteiger partial charge in [-0.25, -0.2) is 16.8 Å². The van der Waals surface area contributed by atoms with Crippen LogP contribution in [0.25, 0.3) is 11.3 Å². The van der Waals surface area contributed by atoms with Gasteiger partial charge in [0.2, 0.25) is 0 Å². The number of anilines is 1. The molecule has 2 aromatic carbocycles. The number of benzene rings is 2. The molecule has 0 bridgehead atoms. The normalized spacial score (nSPS) is 13.0. The quantitative estimate of drug-likeness (QED) is 0.452. The molecule has 0 unspecified atom stereocenters.